The maximum absolute atomic E-state index is 13.4. The van der Waals surface area contributed by atoms with E-state index in [-0.39, 0.29) is 17.2 Å². The predicted molar refractivity (Wildman–Crippen MR) is 154 cm³/mol. The van der Waals surface area contributed by atoms with Gasteiger partial charge in [0.2, 0.25) is 5.91 Å². The molecule has 4 rings (SSSR count). The molecule has 206 valence electrons. The molecule has 0 bridgehead atoms. The lowest BCUT2D eigenvalue weighted by molar-refractivity contribution is -0.117. The summed E-state index contributed by atoms with van der Waals surface area (Å²) in [7, 11) is 0. The molecule has 7 heteroatoms. The number of morpholine rings is 1. The summed E-state index contributed by atoms with van der Waals surface area (Å²) in [5.74, 6) is 0.521. The van der Waals surface area contributed by atoms with Crippen molar-refractivity contribution in [2.75, 3.05) is 62.7 Å². The minimum Gasteiger partial charge on any atom is -0.379 e. The summed E-state index contributed by atoms with van der Waals surface area (Å²) in [6.45, 7) is 12.6. The summed E-state index contributed by atoms with van der Waals surface area (Å²) in [6, 6.07) is 16.5. The fourth-order valence-electron chi connectivity index (χ4n) is 5.33. The number of ether oxygens (including phenoxy) is 1. The molecule has 7 nitrogen and oxygen atoms in total. The van der Waals surface area contributed by atoms with Crippen molar-refractivity contribution < 1.29 is 14.3 Å². The van der Waals surface area contributed by atoms with E-state index in [2.05, 4.69) is 50.8 Å². The third-order valence-corrected chi connectivity index (χ3v) is 7.36. The standard InChI is InChI=1S/C31H44N4O3/c1-31(2,3)23-29(36)33-26-9-10-28(27(22-26)30(37)32-13-16-34-17-19-38-20-18-34)35-14-11-25(12-15-35)21-24-7-5-4-6-8-24/h4-10,22,25H,11-21,23H2,1-3H3,(H,32,37)(H,33,36). The number of nitrogens with one attached hydrogen (secondary N) is 2. The summed E-state index contributed by atoms with van der Waals surface area (Å²) in [4.78, 5) is 30.7. The van der Waals surface area contributed by atoms with Gasteiger partial charge in [0.15, 0.2) is 0 Å². The summed E-state index contributed by atoms with van der Waals surface area (Å²) in [6.07, 6.45) is 3.71. The van der Waals surface area contributed by atoms with Gasteiger partial charge in [-0.3, -0.25) is 14.5 Å². The van der Waals surface area contributed by atoms with E-state index in [9.17, 15) is 9.59 Å². The van der Waals surface area contributed by atoms with E-state index in [4.69, 9.17) is 4.74 Å². The van der Waals surface area contributed by atoms with Gasteiger partial charge in [0.1, 0.15) is 0 Å². The van der Waals surface area contributed by atoms with Gasteiger partial charge >= 0.3 is 0 Å². The zero-order valence-corrected chi connectivity index (χ0v) is 23.3. The molecule has 2 saturated heterocycles. The van der Waals surface area contributed by atoms with Crippen LogP contribution < -0.4 is 15.5 Å². The lowest BCUT2D eigenvalue weighted by Gasteiger charge is -2.35. The van der Waals surface area contributed by atoms with Gasteiger partial charge in [-0.1, -0.05) is 51.1 Å². The fourth-order valence-corrected chi connectivity index (χ4v) is 5.33. The maximum atomic E-state index is 13.4. The van der Waals surface area contributed by atoms with Gasteiger partial charge in [-0.05, 0) is 54.4 Å². The Kier molecular flexibility index (Phi) is 9.80. The highest BCUT2D eigenvalue weighted by atomic mass is 16.5. The molecular formula is C31H44N4O3. The van der Waals surface area contributed by atoms with Crippen LogP contribution >= 0.6 is 0 Å². The van der Waals surface area contributed by atoms with Crippen LogP contribution in [0.15, 0.2) is 48.5 Å². The van der Waals surface area contributed by atoms with E-state index in [0.29, 0.717) is 30.1 Å². The molecule has 0 atom stereocenters. The number of amides is 2. The Morgan fingerprint density at radius 3 is 2.37 bits per heavy atom. The highest BCUT2D eigenvalue weighted by Crippen LogP contribution is 2.30. The van der Waals surface area contributed by atoms with Gasteiger partial charge in [-0.2, -0.15) is 0 Å². The van der Waals surface area contributed by atoms with Crippen LogP contribution in [0.5, 0.6) is 0 Å². The Hall–Kier alpha value is -2.90. The number of anilines is 2. The van der Waals surface area contributed by atoms with E-state index in [0.717, 1.165) is 70.9 Å². The van der Waals surface area contributed by atoms with Crippen LogP contribution in [0.2, 0.25) is 0 Å². The molecule has 0 saturated carbocycles. The van der Waals surface area contributed by atoms with Crippen LogP contribution in [0.3, 0.4) is 0 Å². The van der Waals surface area contributed by atoms with Crippen molar-refractivity contribution in [3.05, 3.63) is 59.7 Å². The minimum atomic E-state index is -0.103. The molecule has 2 heterocycles. The van der Waals surface area contributed by atoms with Crippen molar-refractivity contribution in [2.45, 2.75) is 46.5 Å². The van der Waals surface area contributed by atoms with E-state index in [1.54, 1.807) is 0 Å². The molecule has 0 aromatic heterocycles. The molecule has 0 spiro atoms. The summed E-state index contributed by atoms with van der Waals surface area (Å²) >= 11 is 0. The third-order valence-electron chi connectivity index (χ3n) is 7.36. The van der Waals surface area contributed by atoms with Crippen molar-refractivity contribution in [1.82, 2.24) is 10.2 Å². The lowest BCUT2D eigenvalue weighted by atomic mass is 9.89. The molecule has 0 unspecified atom stereocenters. The van der Waals surface area contributed by atoms with Crippen LogP contribution in [0, 0.1) is 11.3 Å². The zero-order chi connectivity index (χ0) is 27.0. The van der Waals surface area contributed by atoms with Gasteiger partial charge in [-0.25, -0.2) is 0 Å². The number of piperidine rings is 1. The smallest absolute Gasteiger partial charge is 0.253 e. The average molecular weight is 521 g/mol. The topological polar surface area (TPSA) is 73.9 Å². The predicted octanol–water partition coefficient (Wildman–Crippen LogP) is 4.58. The van der Waals surface area contributed by atoms with Gasteiger partial charge in [0, 0.05) is 57.1 Å². The highest BCUT2D eigenvalue weighted by Gasteiger charge is 2.24. The summed E-state index contributed by atoms with van der Waals surface area (Å²) < 4.78 is 5.43. The number of carbonyl (C=O) groups is 2. The molecule has 0 aliphatic carbocycles. The van der Waals surface area contributed by atoms with Gasteiger partial charge in [-0.15, -0.1) is 0 Å². The molecular weight excluding hydrogens is 476 g/mol. The molecule has 2 amide bonds. The van der Waals surface area contributed by atoms with Crippen LogP contribution in [-0.2, 0) is 16.0 Å². The lowest BCUT2D eigenvalue weighted by Crippen LogP contribution is -2.41. The molecule has 2 aromatic carbocycles. The van der Waals surface area contributed by atoms with Gasteiger partial charge in [0.05, 0.1) is 18.8 Å². The van der Waals surface area contributed by atoms with Crippen molar-refractivity contribution in [2.24, 2.45) is 11.3 Å². The van der Waals surface area contributed by atoms with Crippen molar-refractivity contribution >= 4 is 23.2 Å². The second-order valence-corrected chi connectivity index (χ2v) is 11.8. The quantitative estimate of drug-likeness (QED) is 0.506. The maximum Gasteiger partial charge on any atom is 0.253 e. The van der Waals surface area contributed by atoms with Gasteiger partial charge in [0.25, 0.3) is 5.91 Å². The first kappa shape index (κ1) is 28.1. The summed E-state index contributed by atoms with van der Waals surface area (Å²) in [5.41, 5.74) is 3.53. The highest BCUT2D eigenvalue weighted by molar-refractivity contribution is 6.02. The Labute approximate surface area is 227 Å². The zero-order valence-electron chi connectivity index (χ0n) is 23.3. The fraction of sp³-hybridized carbons (Fsp3) is 0.548. The van der Waals surface area contributed by atoms with Crippen LogP contribution in [0.1, 0.15) is 56.0 Å². The van der Waals surface area contributed by atoms with Crippen molar-refractivity contribution in [3.8, 4) is 0 Å². The first-order chi connectivity index (χ1) is 18.3. The van der Waals surface area contributed by atoms with Crippen LogP contribution in [0.25, 0.3) is 0 Å². The Morgan fingerprint density at radius 2 is 1.68 bits per heavy atom. The van der Waals surface area contributed by atoms with E-state index in [1.165, 1.54) is 5.56 Å². The largest absolute Gasteiger partial charge is 0.379 e. The second-order valence-electron chi connectivity index (χ2n) is 11.8. The minimum absolute atomic E-state index is 0.0364. The molecule has 2 aliphatic heterocycles. The van der Waals surface area contributed by atoms with Gasteiger partial charge < -0.3 is 20.3 Å². The Bertz CT molecular complexity index is 1050. The monoisotopic (exact) mass is 520 g/mol. The summed E-state index contributed by atoms with van der Waals surface area (Å²) in [5, 5.41) is 6.13. The van der Waals surface area contributed by atoms with E-state index >= 15 is 0 Å². The Morgan fingerprint density at radius 1 is 0.974 bits per heavy atom. The number of nitrogens with zero attached hydrogens (tertiary/aromatic N) is 2. The Balaban J connectivity index is 1.43. The number of carbonyl (C=O) groups excluding carboxylic acids is 2. The van der Waals surface area contributed by atoms with Crippen LogP contribution in [0.4, 0.5) is 11.4 Å². The number of hydrogen-bond donors (Lipinski definition) is 2. The molecule has 2 N–H and O–H groups in total. The normalized spacial score (nSPS) is 17.3. The van der Waals surface area contributed by atoms with E-state index in [1.807, 2.05) is 39.0 Å². The molecule has 2 fully saturated rings. The number of benzene rings is 2. The molecule has 0 radical (unpaired) electrons. The SMILES string of the molecule is CC(C)(C)CC(=O)Nc1ccc(N2CCC(Cc3ccccc3)CC2)c(C(=O)NCCN2CCOCC2)c1. The molecule has 2 aliphatic rings. The van der Waals surface area contributed by atoms with E-state index < -0.39 is 0 Å². The number of hydrogen-bond acceptors (Lipinski definition) is 5. The first-order valence-electron chi connectivity index (χ1n) is 14.1. The van der Waals surface area contributed by atoms with Crippen molar-refractivity contribution in [1.29, 1.82) is 0 Å². The molecule has 2 aromatic rings. The average Bonchev–Trinajstić information content (AvgIpc) is 2.89. The van der Waals surface area contributed by atoms with Crippen LogP contribution in [-0.4, -0.2) is 69.2 Å². The second kappa shape index (κ2) is 13.3. The molecule has 38 heavy (non-hydrogen) atoms. The van der Waals surface area contributed by atoms with Crippen molar-refractivity contribution in [3.63, 3.8) is 0 Å². The third kappa shape index (κ3) is 8.57. The first-order valence-corrected chi connectivity index (χ1v) is 14.1. The number of rotatable bonds is 9.